The topological polar surface area (TPSA) is 49.8 Å². The molecule has 0 spiro atoms. The van der Waals surface area contributed by atoms with Crippen LogP contribution in [-0.2, 0) is 10.4 Å². The predicted molar refractivity (Wildman–Crippen MR) is 73.0 cm³/mol. The average molecular weight is 263 g/mol. The monoisotopic (exact) mass is 263 g/mol. The van der Waals surface area contributed by atoms with Gasteiger partial charge in [0.2, 0.25) is 0 Å². The summed E-state index contributed by atoms with van der Waals surface area (Å²) in [4.78, 5) is 13.6. The zero-order valence-electron chi connectivity index (χ0n) is 11.6. The first kappa shape index (κ1) is 13.9. The summed E-state index contributed by atoms with van der Waals surface area (Å²) in [6.45, 7) is 5.25. The highest BCUT2D eigenvalue weighted by Gasteiger charge is 2.18. The molecular weight excluding hydrogens is 242 g/mol. The molecular formula is C15H21NO3. The maximum Gasteiger partial charge on any atom is 0.260 e. The van der Waals surface area contributed by atoms with Crippen molar-refractivity contribution in [2.45, 2.75) is 32.3 Å². The normalized spacial score (nSPS) is 15.6. The highest BCUT2D eigenvalue weighted by Crippen LogP contribution is 2.22. The summed E-state index contributed by atoms with van der Waals surface area (Å²) in [7, 11) is 0. The van der Waals surface area contributed by atoms with E-state index in [4.69, 9.17) is 4.74 Å². The van der Waals surface area contributed by atoms with Crippen LogP contribution < -0.4 is 4.74 Å². The summed E-state index contributed by atoms with van der Waals surface area (Å²) >= 11 is 0. The van der Waals surface area contributed by atoms with Gasteiger partial charge in [-0.05, 0) is 44.4 Å². The summed E-state index contributed by atoms with van der Waals surface area (Å²) in [5.74, 6) is 0.699. The van der Waals surface area contributed by atoms with Gasteiger partial charge in [0.05, 0.1) is 5.60 Å². The van der Waals surface area contributed by atoms with Crippen LogP contribution in [-0.4, -0.2) is 35.6 Å². The lowest BCUT2D eigenvalue weighted by atomic mass is 9.99. The number of ether oxygens (including phenoxy) is 1. The van der Waals surface area contributed by atoms with Gasteiger partial charge in [0.15, 0.2) is 6.61 Å². The molecule has 0 bridgehead atoms. The molecule has 1 heterocycles. The van der Waals surface area contributed by atoms with Gasteiger partial charge in [-0.3, -0.25) is 4.79 Å². The van der Waals surface area contributed by atoms with Gasteiger partial charge in [0.25, 0.3) is 5.91 Å². The van der Waals surface area contributed by atoms with E-state index in [1.807, 2.05) is 17.0 Å². The largest absolute Gasteiger partial charge is 0.484 e. The average Bonchev–Trinajstić information content (AvgIpc) is 2.89. The van der Waals surface area contributed by atoms with Gasteiger partial charge in [-0.2, -0.15) is 0 Å². The van der Waals surface area contributed by atoms with Crippen molar-refractivity contribution in [3.8, 4) is 5.75 Å². The van der Waals surface area contributed by atoms with E-state index >= 15 is 0 Å². The van der Waals surface area contributed by atoms with Crippen LogP contribution in [0.4, 0.5) is 0 Å². The SMILES string of the molecule is CC(C)(O)c1ccc(OCC(=O)N2CCCC2)cc1. The second-order valence-corrected chi connectivity index (χ2v) is 5.46. The van der Waals surface area contributed by atoms with Gasteiger partial charge in [0.1, 0.15) is 5.75 Å². The first-order chi connectivity index (χ1) is 8.97. The van der Waals surface area contributed by atoms with Crippen molar-refractivity contribution < 1.29 is 14.6 Å². The summed E-state index contributed by atoms with van der Waals surface area (Å²) < 4.78 is 5.48. The molecule has 4 nitrogen and oxygen atoms in total. The van der Waals surface area contributed by atoms with Crippen LogP contribution in [0.5, 0.6) is 5.75 Å². The molecule has 0 atom stereocenters. The van der Waals surface area contributed by atoms with Crippen molar-refractivity contribution in [1.29, 1.82) is 0 Å². The van der Waals surface area contributed by atoms with E-state index in [0.29, 0.717) is 5.75 Å². The molecule has 0 aliphatic carbocycles. The van der Waals surface area contributed by atoms with Crippen molar-refractivity contribution in [3.63, 3.8) is 0 Å². The van der Waals surface area contributed by atoms with Gasteiger partial charge in [-0.15, -0.1) is 0 Å². The van der Waals surface area contributed by atoms with Crippen molar-refractivity contribution in [2.24, 2.45) is 0 Å². The number of hydrogen-bond acceptors (Lipinski definition) is 3. The van der Waals surface area contributed by atoms with Crippen LogP contribution >= 0.6 is 0 Å². The van der Waals surface area contributed by atoms with Gasteiger partial charge < -0.3 is 14.7 Å². The Morgan fingerprint density at radius 3 is 2.37 bits per heavy atom. The number of nitrogens with zero attached hydrogens (tertiary/aromatic N) is 1. The number of carbonyl (C=O) groups is 1. The molecule has 0 unspecified atom stereocenters. The fourth-order valence-corrected chi connectivity index (χ4v) is 2.16. The Labute approximate surface area is 114 Å². The first-order valence-electron chi connectivity index (χ1n) is 6.70. The smallest absolute Gasteiger partial charge is 0.260 e. The molecule has 0 radical (unpaired) electrons. The van der Waals surface area contributed by atoms with E-state index in [0.717, 1.165) is 31.5 Å². The molecule has 1 N–H and O–H groups in total. The lowest BCUT2D eigenvalue weighted by Gasteiger charge is -2.18. The van der Waals surface area contributed by atoms with E-state index < -0.39 is 5.60 Å². The number of aliphatic hydroxyl groups is 1. The summed E-state index contributed by atoms with van der Waals surface area (Å²) in [5, 5.41) is 9.84. The van der Waals surface area contributed by atoms with Gasteiger partial charge in [-0.1, -0.05) is 12.1 Å². The first-order valence-corrected chi connectivity index (χ1v) is 6.70. The molecule has 1 aliphatic rings. The number of amides is 1. The van der Waals surface area contributed by atoms with Crippen molar-refractivity contribution >= 4 is 5.91 Å². The second kappa shape index (κ2) is 5.61. The number of carbonyl (C=O) groups excluding carboxylic acids is 1. The maximum atomic E-state index is 11.8. The lowest BCUT2D eigenvalue weighted by molar-refractivity contribution is -0.132. The second-order valence-electron chi connectivity index (χ2n) is 5.46. The molecule has 1 aromatic carbocycles. The molecule has 104 valence electrons. The molecule has 1 saturated heterocycles. The van der Waals surface area contributed by atoms with E-state index in [-0.39, 0.29) is 12.5 Å². The molecule has 1 aliphatic heterocycles. The lowest BCUT2D eigenvalue weighted by Crippen LogP contribution is -2.32. The third-order valence-corrected chi connectivity index (χ3v) is 3.38. The molecule has 1 fully saturated rings. The highest BCUT2D eigenvalue weighted by molar-refractivity contribution is 5.78. The van der Waals surface area contributed by atoms with Crippen LogP contribution in [0.2, 0.25) is 0 Å². The van der Waals surface area contributed by atoms with E-state index in [1.165, 1.54) is 0 Å². The van der Waals surface area contributed by atoms with Crippen LogP contribution in [0.15, 0.2) is 24.3 Å². The fourth-order valence-electron chi connectivity index (χ4n) is 2.16. The van der Waals surface area contributed by atoms with E-state index in [9.17, 15) is 9.90 Å². The summed E-state index contributed by atoms with van der Waals surface area (Å²) in [6, 6.07) is 7.19. The minimum absolute atomic E-state index is 0.0454. The van der Waals surface area contributed by atoms with Crippen LogP contribution in [0.3, 0.4) is 0 Å². The van der Waals surface area contributed by atoms with Crippen molar-refractivity contribution in [3.05, 3.63) is 29.8 Å². The minimum atomic E-state index is -0.857. The Balaban J connectivity index is 1.87. The highest BCUT2D eigenvalue weighted by atomic mass is 16.5. The predicted octanol–water partition coefficient (Wildman–Crippen LogP) is 1.92. The Hall–Kier alpha value is -1.55. The van der Waals surface area contributed by atoms with Crippen molar-refractivity contribution in [2.75, 3.05) is 19.7 Å². The zero-order valence-corrected chi connectivity index (χ0v) is 11.6. The molecule has 1 aromatic rings. The van der Waals surface area contributed by atoms with E-state index in [2.05, 4.69) is 0 Å². The van der Waals surface area contributed by atoms with Gasteiger partial charge >= 0.3 is 0 Å². The summed E-state index contributed by atoms with van der Waals surface area (Å²) in [6.07, 6.45) is 2.18. The Bertz CT molecular complexity index is 428. The quantitative estimate of drug-likeness (QED) is 0.903. The maximum absolute atomic E-state index is 11.8. The molecule has 2 rings (SSSR count). The Morgan fingerprint density at radius 1 is 1.26 bits per heavy atom. The fraction of sp³-hybridized carbons (Fsp3) is 0.533. The summed E-state index contributed by atoms with van der Waals surface area (Å²) in [5.41, 5.74) is -0.0325. The Morgan fingerprint density at radius 2 is 1.84 bits per heavy atom. The number of likely N-dealkylation sites (tertiary alicyclic amines) is 1. The number of rotatable bonds is 4. The molecule has 1 amide bonds. The van der Waals surface area contributed by atoms with E-state index in [1.54, 1.807) is 26.0 Å². The van der Waals surface area contributed by atoms with Gasteiger partial charge in [-0.25, -0.2) is 0 Å². The molecule has 0 aromatic heterocycles. The van der Waals surface area contributed by atoms with Crippen LogP contribution in [0.1, 0.15) is 32.3 Å². The third kappa shape index (κ3) is 3.70. The Kier molecular flexibility index (Phi) is 4.10. The number of hydrogen-bond donors (Lipinski definition) is 1. The number of benzene rings is 1. The third-order valence-electron chi connectivity index (χ3n) is 3.38. The van der Waals surface area contributed by atoms with Crippen molar-refractivity contribution in [1.82, 2.24) is 4.90 Å². The minimum Gasteiger partial charge on any atom is -0.484 e. The molecule has 4 heteroatoms. The van der Waals surface area contributed by atoms with Crippen LogP contribution in [0, 0.1) is 0 Å². The molecule has 19 heavy (non-hydrogen) atoms. The zero-order chi connectivity index (χ0) is 13.9. The molecule has 0 saturated carbocycles. The van der Waals surface area contributed by atoms with Crippen LogP contribution in [0.25, 0.3) is 0 Å². The standard InChI is InChI=1S/C15H21NO3/c1-15(2,18)12-5-7-13(8-6-12)19-11-14(17)16-9-3-4-10-16/h5-8,18H,3-4,9-11H2,1-2H3. The van der Waals surface area contributed by atoms with Gasteiger partial charge in [0, 0.05) is 13.1 Å².